The van der Waals surface area contributed by atoms with Crippen LogP contribution in [0, 0.1) is 12.7 Å². The number of aryl methyl sites for hydroxylation is 1. The molecule has 0 bridgehead atoms. The van der Waals surface area contributed by atoms with E-state index in [4.69, 9.17) is 4.74 Å². The standard InChI is InChI=1S/C28H26FN3O6S2/c1-20-7-15-25(16-8-20)40(36,37)32(27-6-4-3-5-26(27)29)19-28(33)30-21-11-17-24(18-12-21)39(34,35)31-22-9-13-23(38-2)14-10-22/h3-18,31H,19H2,1-2H3,(H,30,33). The molecule has 4 aromatic rings. The molecule has 208 valence electrons. The molecule has 0 saturated heterocycles. The second-order valence-corrected chi connectivity index (χ2v) is 12.2. The smallest absolute Gasteiger partial charge is 0.264 e. The minimum Gasteiger partial charge on any atom is -0.497 e. The van der Waals surface area contributed by atoms with Gasteiger partial charge >= 0.3 is 0 Å². The predicted octanol–water partition coefficient (Wildman–Crippen LogP) is 4.78. The molecule has 0 radical (unpaired) electrons. The number of anilines is 3. The largest absolute Gasteiger partial charge is 0.497 e. The van der Waals surface area contributed by atoms with Crippen molar-refractivity contribution in [2.45, 2.75) is 16.7 Å². The Bertz CT molecular complexity index is 1710. The van der Waals surface area contributed by atoms with Gasteiger partial charge in [0.2, 0.25) is 5.91 Å². The maximum atomic E-state index is 14.7. The highest BCUT2D eigenvalue weighted by atomic mass is 32.2. The molecule has 9 nitrogen and oxygen atoms in total. The maximum absolute atomic E-state index is 14.7. The summed E-state index contributed by atoms with van der Waals surface area (Å²) in [6.45, 7) is 1.07. The number of nitrogens with zero attached hydrogens (tertiary/aromatic N) is 1. The zero-order valence-electron chi connectivity index (χ0n) is 21.5. The van der Waals surface area contributed by atoms with Crippen molar-refractivity contribution in [2.75, 3.05) is 28.0 Å². The molecule has 0 aliphatic rings. The summed E-state index contributed by atoms with van der Waals surface area (Å²) >= 11 is 0. The summed E-state index contributed by atoms with van der Waals surface area (Å²) in [6, 6.07) is 22.9. The Morgan fingerprint density at radius 3 is 1.98 bits per heavy atom. The highest BCUT2D eigenvalue weighted by molar-refractivity contribution is 7.93. The van der Waals surface area contributed by atoms with E-state index < -0.39 is 38.3 Å². The lowest BCUT2D eigenvalue weighted by molar-refractivity contribution is -0.114. The van der Waals surface area contributed by atoms with Crippen molar-refractivity contribution in [3.05, 3.63) is 108 Å². The molecular formula is C28H26FN3O6S2. The van der Waals surface area contributed by atoms with E-state index in [-0.39, 0.29) is 21.2 Å². The summed E-state index contributed by atoms with van der Waals surface area (Å²) in [7, 11) is -6.73. The summed E-state index contributed by atoms with van der Waals surface area (Å²) in [4.78, 5) is 12.8. The molecule has 0 saturated carbocycles. The molecule has 0 atom stereocenters. The van der Waals surface area contributed by atoms with E-state index in [1.165, 1.54) is 61.7 Å². The Labute approximate surface area is 232 Å². The molecule has 4 rings (SSSR count). The highest BCUT2D eigenvalue weighted by Crippen LogP contribution is 2.27. The third-order valence-corrected chi connectivity index (χ3v) is 8.98. The van der Waals surface area contributed by atoms with Crippen molar-refractivity contribution in [1.29, 1.82) is 0 Å². The molecule has 0 aliphatic carbocycles. The van der Waals surface area contributed by atoms with Crippen LogP contribution in [0.5, 0.6) is 5.75 Å². The monoisotopic (exact) mass is 583 g/mol. The van der Waals surface area contributed by atoms with Gasteiger partial charge in [0.25, 0.3) is 20.0 Å². The van der Waals surface area contributed by atoms with Crippen LogP contribution in [-0.4, -0.2) is 36.4 Å². The number of halogens is 1. The number of carbonyl (C=O) groups excluding carboxylic acids is 1. The van der Waals surface area contributed by atoms with E-state index in [1.54, 1.807) is 43.3 Å². The number of rotatable bonds is 10. The van der Waals surface area contributed by atoms with Crippen LogP contribution >= 0.6 is 0 Å². The first-order valence-electron chi connectivity index (χ1n) is 11.9. The van der Waals surface area contributed by atoms with Gasteiger partial charge < -0.3 is 10.1 Å². The molecular weight excluding hydrogens is 557 g/mol. The number of carbonyl (C=O) groups is 1. The topological polar surface area (TPSA) is 122 Å². The van der Waals surface area contributed by atoms with Gasteiger partial charge in [0, 0.05) is 11.4 Å². The van der Waals surface area contributed by atoms with Crippen molar-refractivity contribution >= 4 is 43.0 Å². The van der Waals surface area contributed by atoms with E-state index in [9.17, 15) is 26.0 Å². The lowest BCUT2D eigenvalue weighted by Crippen LogP contribution is -2.38. The maximum Gasteiger partial charge on any atom is 0.264 e. The minimum atomic E-state index is -4.30. The number of benzene rings is 4. The van der Waals surface area contributed by atoms with Gasteiger partial charge in [0.15, 0.2) is 0 Å². The molecule has 1 amide bonds. The van der Waals surface area contributed by atoms with Crippen LogP contribution in [0.15, 0.2) is 107 Å². The van der Waals surface area contributed by atoms with Gasteiger partial charge in [-0.05, 0) is 79.7 Å². The van der Waals surface area contributed by atoms with Crippen molar-refractivity contribution < 1.29 is 30.8 Å². The van der Waals surface area contributed by atoms with Crippen LogP contribution < -0.4 is 19.1 Å². The fraction of sp³-hybridized carbons (Fsp3) is 0.107. The average Bonchev–Trinajstić information content (AvgIpc) is 2.93. The Balaban J connectivity index is 1.52. The van der Waals surface area contributed by atoms with Gasteiger partial charge in [-0.2, -0.15) is 0 Å². The lowest BCUT2D eigenvalue weighted by Gasteiger charge is -2.24. The van der Waals surface area contributed by atoms with E-state index in [0.717, 1.165) is 11.6 Å². The SMILES string of the molecule is COc1ccc(NS(=O)(=O)c2ccc(NC(=O)CN(c3ccccc3F)S(=O)(=O)c3ccc(C)cc3)cc2)cc1. The summed E-state index contributed by atoms with van der Waals surface area (Å²) in [6.07, 6.45) is 0. The predicted molar refractivity (Wildman–Crippen MR) is 151 cm³/mol. The van der Waals surface area contributed by atoms with E-state index in [1.807, 2.05) is 0 Å². The van der Waals surface area contributed by atoms with Crippen LogP contribution in [0.4, 0.5) is 21.5 Å². The van der Waals surface area contributed by atoms with Crippen LogP contribution in [-0.2, 0) is 24.8 Å². The van der Waals surface area contributed by atoms with Gasteiger partial charge in [-0.3, -0.25) is 13.8 Å². The molecule has 0 unspecified atom stereocenters. The Morgan fingerprint density at radius 1 is 0.800 bits per heavy atom. The van der Waals surface area contributed by atoms with E-state index in [0.29, 0.717) is 15.7 Å². The second-order valence-electron chi connectivity index (χ2n) is 8.68. The molecule has 0 heterocycles. The van der Waals surface area contributed by atoms with Crippen molar-refractivity contribution in [1.82, 2.24) is 0 Å². The van der Waals surface area contributed by atoms with Crippen LogP contribution in [0.25, 0.3) is 0 Å². The first kappa shape index (κ1) is 28.6. The normalized spacial score (nSPS) is 11.5. The molecule has 0 aromatic heterocycles. The van der Waals surface area contributed by atoms with Crippen molar-refractivity contribution in [2.24, 2.45) is 0 Å². The van der Waals surface area contributed by atoms with Crippen molar-refractivity contribution in [3.8, 4) is 5.75 Å². The lowest BCUT2D eigenvalue weighted by atomic mass is 10.2. The number of hydrogen-bond acceptors (Lipinski definition) is 6. The zero-order valence-corrected chi connectivity index (χ0v) is 23.2. The average molecular weight is 584 g/mol. The number of para-hydroxylation sites is 1. The van der Waals surface area contributed by atoms with Gasteiger partial charge in [-0.25, -0.2) is 21.2 Å². The first-order valence-corrected chi connectivity index (χ1v) is 14.8. The fourth-order valence-corrected chi connectivity index (χ4v) is 6.20. The first-order chi connectivity index (χ1) is 19.0. The second kappa shape index (κ2) is 11.8. The molecule has 2 N–H and O–H groups in total. The number of nitrogens with one attached hydrogen (secondary N) is 2. The molecule has 0 spiro atoms. The minimum absolute atomic E-state index is 0.0590. The Hall–Kier alpha value is -4.42. The Kier molecular flexibility index (Phi) is 8.40. The van der Waals surface area contributed by atoms with Gasteiger partial charge in [-0.1, -0.05) is 29.8 Å². The molecule has 4 aromatic carbocycles. The highest BCUT2D eigenvalue weighted by Gasteiger charge is 2.29. The van der Waals surface area contributed by atoms with Crippen LogP contribution in [0.2, 0.25) is 0 Å². The van der Waals surface area contributed by atoms with E-state index >= 15 is 0 Å². The quantitative estimate of drug-likeness (QED) is 0.277. The number of sulfonamides is 2. The van der Waals surface area contributed by atoms with E-state index in [2.05, 4.69) is 10.0 Å². The fourth-order valence-electron chi connectivity index (χ4n) is 3.71. The van der Waals surface area contributed by atoms with Gasteiger partial charge in [-0.15, -0.1) is 0 Å². The summed E-state index contributed by atoms with van der Waals surface area (Å²) in [5, 5.41) is 2.54. The molecule has 0 aliphatic heterocycles. The number of hydrogen-bond donors (Lipinski definition) is 2. The number of amides is 1. The Morgan fingerprint density at radius 2 is 1.38 bits per heavy atom. The third kappa shape index (κ3) is 6.58. The number of methoxy groups -OCH3 is 1. The summed E-state index contributed by atoms with van der Waals surface area (Å²) < 4.78 is 75.2. The van der Waals surface area contributed by atoms with Crippen molar-refractivity contribution in [3.63, 3.8) is 0 Å². The third-order valence-electron chi connectivity index (χ3n) is 5.81. The van der Waals surface area contributed by atoms with Crippen LogP contribution in [0.1, 0.15) is 5.56 Å². The zero-order chi connectivity index (χ0) is 28.9. The molecule has 0 fully saturated rings. The molecule has 12 heteroatoms. The van der Waals surface area contributed by atoms with Crippen LogP contribution in [0.3, 0.4) is 0 Å². The molecule has 40 heavy (non-hydrogen) atoms. The van der Waals surface area contributed by atoms with Gasteiger partial charge in [0.1, 0.15) is 18.1 Å². The number of ether oxygens (including phenoxy) is 1. The van der Waals surface area contributed by atoms with Gasteiger partial charge in [0.05, 0.1) is 22.6 Å². The summed E-state index contributed by atoms with van der Waals surface area (Å²) in [5.74, 6) is -1.00. The summed E-state index contributed by atoms with van der Waals surface area (Å²) in [5.41, 5.74) is 1.10.